The van der Waals surface area contributed by atoms with Crippen LogP contribution in [0.25, 0.3) is 0 Å². The molecule has 1 unspecified atom stereocenters. The van der Waals surface area contributed by atoms with Gasteiger partial charge in [0.1, 0.15) is 0 Å². The van der Waals surface area contributed by atoms with Crippen LogP contribution in [-0.4, -0.2) is 24.3 Å². The number of hydrogen-bond donors (Lipinski definition) is 1. The number of carboxylic acids is 1. The highest BCUT2D eigenvalue weighted by molar-refractivity contribution is 5.86. The molecule has 3 nitrogen and oxygen atoms in total. The van der Waals surface area contributed by atoms with Crippen LogP contribution < -0.4 is 0 Å². The molecule has 1 N–H and O–H groups in total. The lowest BCUT2D eigenvalue weighted by Crippen LogP contribution is -2.46. The first-order valence-corrected chi connectivity index (χ1v) is 3.97. The first kappa shape index (κ1) is 9.26. The van der Waals surface area contributed by atoms with Crippen molar-refractivity contribution in [3.8, 4) is 0 Å². The summed E-state index contributed by atoms with van der Waals surface area (Å²) < 4.78 is 5.05. The maximum atomic E-state index is 10.6. The van der Waals surface area contributed by atoms with Gasteiger partial charge < -0.3 is 9.84 Å². The van der Waals surface area contributed by atoms with Crippen LogP contribution in [0, 0.1) is 11.3 Å². The molecule has 1 rings (SSSR count). The van der Waals surface area contributed by atoms with Crippen LogP contribution in [-0.2, 0) is 9.53 Å². The van der Waals surface area contributed by atoms with E-state index >= 15 is 0 Å². The van der Waals surface area contributed by atoms with Gasteiger partial charge in [-0.25, -0.2) is 4.79 Å². The van der Waals surface area contributed by atoms with Gasteiger partial charge >= 0.3 is 5.97 Å². The summed E-state index contributed by atoms with van der Waals surface area (Å²) in [6, 6.07) is 0. The highest BCUT2D eigenvalue weighted by atomic mass is 16.5. The molecule has 1 aliphatic heterocycles. The lowest BCUT2D eigenvalue weighted by atomic mass is 9.73. The van der Waals surface area contributed by atoms with E-state index in [2.05, 4.69) is 6.58 Å². The average molecular weight is 170 g/mol. The Hall–Kier alpha value is -0.830. The SMILES string of the molecule is C=C(C(=O)O)C(C)C1(C)COC1. The quantitative estimate of drug-likeness (QED) is 0.649. The van der Waals surface area contributed by atoms with Gasteiger partial charge in [0.25, 0.3) is 0 Å². The molecule has 0 saturated carbocycles. The third-order valence-corrected chi connectivity index (χ3v) is 2.71. The smallest absolute Gasteiger partial charge is 0.331 e. The topological polar surface area (TPSA) is 46.5 Å². The summed E-state index contributed by atoms with van der Waals surface area (Å²) >= 11 is 0. The van der Waals surface area contributed by atoms with E-state index in [-0.39, 0.29) is 16.9 Å². The molecule has 0 spiro atoms. The Morgan fingerprint density at radius 1 is 1.67 bits per heavy atom. The molecular formula is C9H14O3. The van der Waals surface area contributed by atoms with Gasteiger partial charge in [-0.2, -0.15) is 0 Å². The van der Waals surface area contributed by atoms with Crippen molar-refractivity contribution >= 4 is 5.97 Å². The van der Waals surface area contributed by atoms with E-state index in [0.29, 0.717) is 13.2 Å². The average Bonchev–Trinajstić information content (AvgIpc) is 1.97. The molecule has 0 aliphatic carbocycles. The van der Waals surface area contributed by atoms with E-state index in [1.807, 2.05) is 13.8 Å². The standard InChI is InChI=1S/C9H14O3/c1-6(8(10)11)7(2)9(3)4-12-5-9/h7H,1,4-5H2,2-3H3,(H,10,11). The predicted molar refractivity (Wildman–Crippen MR) is 44.9 cm³/mol. The highest BCUT2D eigenvalue weighted by Gasteiger charge is 2.41. The first-order chi connectivity index (χ1) is 5.47. The van der Waals surface area contributed by atoms with Gasteiger partial charge in [-0.05, 0) is 5.92 Å². The minimum atomic E-state index is -0.907. The molecule has 1 atom stereocenters. The molecule has 0 radical (unpaired) electrons. The Balaban J connectivity index is 2.63. The van der Waals surface area contributed by atoms with Crippen molar-refractivity contribution in [1.82, 2.24) is 0 Å². The van der Waals surface area contributed by atoms with E-state index in [0.717, 1.165) is 0 Å². The number of hydrogen-bond acceptors (Lipinski definition) is 2. The van der Waals surface area contributed by atoms with Crippen molar-refractivity contribution in [2.45, 2.75) is 13.8 Å². The Morgan fingerprint density at radius 2 is 2.17 bits per heavy atom. The Kier molecular flexibility index (Phi) is 2.24. The third-order valence-electron chi connectivity index (χ3n) is 2.71. The summed E-state index contributed by atoms with van der Waals surface area (Å²) in [5.41, 5.74) is 0.260. The summed E-state index contributed by atoms with van der Waals surface area (Å²) in [6.45, 7) is 8.74. The number of ether oxygens (including phenoxy) is 1. The minimum Gasteiger partial charge on any atom is -0.478 e. The summed E-state index contributed by atoms with van der Waals surface area (Å²) in [4.78, 5) is 10.6. The molecule has 1 heterocycles. The lowest BCUT2D eigenvalue weighted by molar-refractivity contribution is -0.141. The van der Waals surface area contributed by atoms with E-state index in [9.17, 15) is 4.79 Å². The van der Waals surface area contributed by atoms with E-state index < -0.39 is 5.97 Å². The van der Waals surface area contributed by atoms with Gasteiger partial charge in [-0.1, -0.05) is 20.4 Å². The maximum absolute atomic E-state index is 10.6. The summed E-state index contributed by atoms with van der Waals surface area (Å²) in [5.74, 6) is -0.917. The molecule has 0 aromatic rings. The fraction of sp³-hybridized carbons (Fsp3) is 0.667. The van der Waals surface area contributed by atoms with E-state index in [4.69, 9.17) is 9.84 Å². The lowest BCUT2D eigenvalue weighted by Gasteiger charge is -2.43. The van der Waals surface area contributed by atoms with Crippen molar-refractivity contribution in [2.75, 3.05) is 13.2 Å². The predicted octanol–water partition coefficient (Wildman–Crippen LogP) is 1.30. The van der Waals surface area contributed by atoms with Crippen molar-refractivity contribution in [3.63, 3.8) is 0 Å². The molecule has 1 aliphatic rings. The fourth-order valence-corrected chi connectivity index (χ4v) is 1.28. The van der Waals surface area contributed by atoms with E-state index in [1.165, 1.54) is 0 Å². The van der Waals surface area contributed by atoms with Gasteiger partial charge in [0, 0.05) is 11.0 Å². The largest absolute Gasteiger partial charge is 0.478 e. The van der Waals surface area contributed by atoms with Gasteiger partial charge in [0.2, 0.25) is 0 Å². The molecule has 0 amide bonds. The second-order valence-electron chi connectivity index (χ2n) is 3.70. The monoisotopic (exact) mass is 170 g/mol. The van der Waals surface area contributed by atoms with Crippen molar-refractivity contribution < 1.29 is 14.6 Å². The maximum Gasteiger partial charge on any atom is 0.331 e. The zero-order valence-electron chi connectivity index (χ0n) is 7.46. The van der Waals surface area contributed by atoms with Crippen molar-refractivity contribution in [2.24, 2.45) is 11.3 Å². The van der Waals surface area contributed by atoms with Crippen LogP contribution in [0.15, 0.2) is 12.2 Å². The number of aliphatic carboxylic acids is 1. The molecule has 0 bridgehead atoms. The van der Waals surface area contributed by atoms with Crippen LogP contribution in [0.5, 0.6) is 0 Å². The van der Waals surface area contributed by atoms with E-state index in [1.54, 1.807) is 0 Å². The summed E-state index contributed by atoms with van der Waals surface area (Å²) in [6.07, 6.45) is 0. The van der Waals surface area contributed by atoms with Gasteiger partial charge in [0.05, 0.1) is 13.2 Å². The Morgan fingerprint density at radius 3 is 2.42 bits per heavy atom. The molecule has 0 aromatic heterocycles. The second kappa shape index (κ2) is 2.90. The summed E-state index contributed by atoms with van der Waals surface area (Å²) in [7, 11) is 0. The third kappa shape index (κ3) is 1.37. The fourth-order valence-electron chi connectivity index (χ4n) is 1.28. The van der Waals surface area contributed by atoms with Crippen LogP contribution in [0.4, 0.5) is 0 Å². The highest BCUT2D eigenvalue weighted by Crippen LogP contribution is 2.38. The molecule has 1 fully saturated rings. The van der Waals surface area contributed by atoms with Crippen molar-refractivity contribution in [3.05, 3.63) is 12.2 Å². The first-order valence-electron chi connectivity index (χ1n) is 3.97. The molecule has 3 heteroatoms. The number of rotatable bonds is 3. The zero-order valence-corrected chi connectivity index (χ0v) is 7.46. The number of carbonyl (C=O) groups is 1. The molecule has 0 aromatic carbocycles. The molecule has 12 heavy (non-hydrogen) atoms. The van der Waals surface area contributed by atoms with Gasteiger partial charge in [-0.15, -0.1) is 0 Å². The molecule has 1 saturated heterocycles. The van der Waals surface area contributed by atoms with Crippen LogP contribution in [0.1, 0.15) is 13.8 Å². The molecule has 68 valence electrons. The van der Waals surface area contributed by atoms with Gasteiger partial charge in [0.15, 0.2) is 0 Å². The Labute approximate surface area is 72.0 Å². The minimum absolute atomic E-state index is 0.0104. The zero-order chi connectivity index (χ0) is 9.35. The molecular weight excluding hydrogens is 156 g/mol. The normalized spacial score (nSPS) is 22.5. The van der Waals surface area contributed by atoms with Crippen LogP contribution in [0.3, 0.4) is 0 Å². The second-order valence-corrected chi connectivity index (χ2v) is 3.70. The van der Waals surface area contributed by atoms with Gasteiger partial charge in [-0.3, -0.25) is 0 Å². The Bertz CT molecular complexity index is 216. The number of carboxylic acid groups (broad SMARTS) is 1. The van der Waals surface area contributed by atoms with Crippen LogP contribution in [0.2, 0.25) is 0 Å². The van der Waals surface area contributed by atoms with Crippen molar-refractivity contribution in [1.29, 1.82) is 0 Å². The summed E-state index contributed by atoms with van der Waals surface area (Å²) in [5, 5.41) is 8.70. The van der Waals surface area contributed by atoms with Crippen LogP contribution >= 0.6 is 0 Å².